The summed E-state index contributed by atoms with van der Waals surface area (Å²) in [5, 5.41) is 3.40. The number of halogens is 1. The molecule has 0 spiro atoms. The second kappa shape index (κ2) is 6.72. The van der Waals surface area contributed by atoms with Crippen LogP contribution in [-0.4, -0.2) is 19.3 Å². The Morgan fingerprint density at radius 3 is 2.59 bits per heavy atom. The van der Waals surface area contributed by atoms with Gasteiger partial charge in [-0.2, -0.15) is 0 Å². The van der Waals surface area contributed by atoms with Gasteiger partial charge in [0.05, 0.1) is 12.1 Å². The Morgan fingerprint density at radius 2 is 2.06 bits per heavy atom. The molecule has 0 heterocycles. The summed E-state index contributed by atoms with van der Waals surface area (Å²) in [7, 11) is 0. The first-order valence-electron chi connectivity index (χ1n) is 6.21. The lowest BCUT2D eigenvalue weighted by atomic mass is 9.97. The third-order valence-corrected chi connectivity index (χ3v) is 2.89. The van der Waals surface area contributed by atoms with E-state index in [1.807, 2.05) is 26.8 Å². The van der Waals surface area contributed by atoms with Gasteiger partial charge in [-0.1, -0.05) is 13.0 Å². The standard InChI is InChI=1S/C14H22FNO/c1-5-16-14(11(4)17-6-2)13-8-7-12(15)9-10(13)3/h7-9,11,14,16H,5-6H2,1-4H3. The van der Waals surface area contributed by atoms with E-state index in [1.165, 1.54) is 6.07 Å². The maximum absolute atomic E-state index is 13.1. The summed E-state index contributed by atoms with van der Waals surface area (Å²) in [5.74, 6) is -0.189. The highest BCUT2D eigenvalue weighted by Crippen LogP contribution is 2.23. The zero-order valence-corrected chi connectivity index (χ0v) is 11.1. The Morgan fingerprint density at radius 1 is 1.35 bits per heavy atom. The molecule has 1 rings (SSSR count). The lowest BCUT2D eigenvalue weighted by Crippen LogP contribution is -2.32. The van der Waals surface area contributed by atoms with Crippen molar-refractivity contribution >= 4 is 0 Å². The molecule has 0 fully saturated rings. The minimum atomic E-state index is -0.189. The molecule has 2 nitrogen and oxygen atoms in total. The summed E-state index contributed by atoms with van der Waals surface area (Å²) in [5.41, 5.74) is 2.07. The van der Waals surface area contributed by atoms with Crippen molar-refractivity contribution in [2.45, 2.75) is 39.8 Å². The van der Waals surface area contributed by atoms with Crippen molar-refractivity contribution in [3.05, 3.63) is 35.1 Å². The Kier molecular flexibility index (Phi) is 5.59. The lowest BCUT2D eigenvalue weighted by Gasteiger charge is -2.26. The van der Waals surface area contributed by atoms with Crippen LogP contribution in [0.25, 0.3) is 0 Å². The van der Waals surface area contributed by atoms with Crippen LogP contribution in [0.3, 0.4) is 0 Å². The Bertz CT molecular complexity index is 354. The first kappa shape index (κ1) is 14.1. The lowest BCUT2D eigenvalue weighted by molar-refractivity contribution is 0.0475. The predicted octanol–water partition coefficient (Wildman–Crippen LogP) is 3.21. The molecule has 1 N–H and O–H groups in total. The first-order chi connectivity index (χ1) is 8.10. The van der Waals surface area contributed by atoms with E-state index < -0.39 is 0 Å². The van der Waals surface area contributed by atoms with Crippen LogP contribution >= 0.6 is 0 Å². The number of aryl methyl sites for hydroxylation is 1. The number of nitrogens with one attached hydrogen (secondary N) is 1. The molecule has 0 aliphatic rings. The van der Waals surface area contributed by atoms with Gasteiger partial charge in [-0.05, 0) is 50.6 Å². The zero-order valence-electron chi connectivity index (χ0n) is 11.1. The van der Waals surface area contributed by atoms with Crippen LogP contribution in [0.1, 0.15) is 37.9 Å². The summed E-state index contributed by atoms with van der Waals surface area (Å²) in [4.78, 5) is 0. The molecule has 0 aliphatic heterocycles. The third-order valence-electron chi connectivity index (χ3n) is 2.89. The van der Waals surface area contributed by atoms with Crippen LogP contribution in [0.4, 0.5) is 4.39 Å². The number of rotatable bonds is 6. The molecule has 0 saturated heterocycles. The van der Waals surface area contributed by atoms with E-state index in [0.717, 1.165) is 17.7 Å². The highest BCUT2D eigenvalue weighted by molar-refractivity contribution is 5.30. The van der Waals surface area contributed by atoms with Gasteiger partial charge in [0.25, 0.3) is 0 Å². The third kappa shape index (κ3) is 3.79. The zero-order chi connectivity index (χ0) is 12.8. The summed E-state index contributed by atoms with van der Waals surface area (Å²) < 4.78 is 18.7. The van der Waals surface area contributed by atoms with Crippen molar-refractivity contribution < 1.29 is 9.13 Å². The van der Waals surface area contributed by atoms with Crippen LogP contribution < -0.4 is 5.32 Å². The van der Waals surface area contributed by atoms with Crippen molar-refractivity contribution in [3.8, 4) is 0 Å². The molecule has 2 unspecified atom stereocenters. The molecule has 0 radical (unpaired) electrons. The van der Waals surface area contributed by atoms with Crippen molar-refractivity contribution in [3.63, 3.8) is 0 Å². The van der Waals surface area contributed by atoms with Gasteiger partial charge < -0.3 is 10.1 Å². The number of ether oxygens (including phenoxy) is 1. The summed E-state index contributed by atoms with van der Waals surface area (Å²) >= 11 is 0. The van der Waals surface area contributed by atoms with Crippen LogP contribution in [0, 0.1) is 12.7 Å². The molecule has 96 valence electrons. The number of hydrogen-bond donors (Lipinski definition) is 1. The molecule has 1 aromatic carbocycles. The highest BCUT2D eigenvalue weighted by Gasteiger charge is 2.20. The molecule has 2 atom stereocenters. The molecule has 17 heavy (non-hydrogen) atoms. The summed E-state index contributed by atoms with van der Waals surface area (Å²) in [6, 6.07) is 5.03. The van der Waals surface area contributed by atoms with Gasteiger partial charge in [0.15, 0.2) is 0 Å². The Balaban J connectivity index is 2.96. The molecule has 0 amide bonds. The average molecular weight is 239 g/mol. The minimum absolute atomic E-state index is 0.0733. The largest absolute Gasteiger partial charge is 0.377 e. The Hall–Kier alpha value is -0.930. The van der Waals surface area contributed by atoms with Crippen molar-refractivity contribution in [1.29, 1.82) is 0 Å². The van der Waals surface area contributed by atoms with Crippen LogP contribution in [-0.2, 0) is 4.74 Å². The average Bonchev–Trinajstić information content (AvgIpc) is 2.27. The van der Waals surface area contributed by atoms with Gasteiger partial charge >= 0.3 is 0 Å². The van der Waals surface area contributed by atoms with Crippen molar-refractivity contribution in [1.82, 2.24) is 5.32 Å². The molecule has 0 bridgehead atoms. The molecule has 1 aromatic rings. The molecule has 0 saturated carbocycles. The summed E-state index contributed by atoms with van der Waals surface area (Å²) in [6.07, 6.45) is 0.0733. The van der Waals surface area contributed by atoms with Gasteiger partial charge in [-0.15, -0.1) is 0 Å². The van der Waals surface area contributed by atoms with Crippen molar-refractivity contribution in [2.75, 3.05) is 13.2 Å². The van der Waals surface area contributed by atoms with E-state index in [9.17, 15) is 4.39 Å². The normalized spacial score (nSPS) is 14.6. The fourth-order valence-electron chi connectivity index (χ4n) is 2.10. The van der Waals surface area contributed by atoms with Crippen LogP contribution in [0.5, 0.6) is 0 Å². The molecular weight excluding hydrogens is 217 g/mol. The number of benzene rings is 1. The minimum Gasteiger partial charge on any atom is -0.377 e. The topological polar surface area (TPSA) is 21.3 Å². The predicted molar refractivity (Wildman–Crippen MR) is 68.6 cm³/mol. The maximum Gasteiger partial charge on any atom is 0.123 e. The van der Waals surface area contributed by atoms with E-state index in [0.29, 0.717) is 6.61 Å². The number of likely N-dealkylation sites (N-methyl/N-ethyl adjacent to an activating group) is 1. The van der Waals surface area contributed by atoms with Crippen LogP contribution in [0.15, 0.2) is 18.2 Å². The fourth-order valence-corrected chi connectivity index (χ4v) is 2.10. The van der Waals surface area contributed by atoms with Gasteiger partial charge in [0.2, 0.25) is 0 Å². The molecule has 3 heteroatoms. The van der Waals surface area contributed by atoms with Gasteiger partial charge in [-0.3, -0.25) is 0 Å². The second-order valence-corrected chi connectivity index (χ2v) is 4.20. The fraction of sp³-hybridized carbons (Fsp3) is 0.571. The van der Waals surface area contributed by atoms with Gasteiger partial charge in [0, 0.05) is 6.61 Å². The van der Waals surface area contributed by atoms with E-state index in [1.54, 1.807) is 6.07 Å². The second-order valence-electron chi connectivity index (χ2n) is 4.20. The SMILES string of the molecule is CCNC(c1ccc(F)cc1C)C(C)OCC. The van der Waals surface area contributed by atoms with Gasteiger partial charge in [0.1, 0.15) is 5.82 Å². The van der Waals surface area contributed by atoms with E-state index in [-0.39, 0.29) is 18.0 Å². The summed E-state index contributed by atoms with van der Waals surface area (Å²) in [6.45, 7) is 9.56. The molecular formula is C14H22FNO. The first-order valence-corrected chi connectivity index (χ1v) is 6.21. The van der Waals surface area contributed by atoms with Gasteiger partial charge in [-0.25, -0.2) is 4.39 Å². The van der Waals surface area contributed by atoms with E-state index >= 15 is 0 Å². The quantitative estimate of drug-likeness (QED) is 0.823. The maximum atomic E-state index is 13.1. The highest BCUT2D eigenvalue weighted by atomic mass is 19.1. The number of hydrogen-bond acceptors (Lipinski definition) is 2. The van der Waals surface area contributed by atoms with E-state index in [2.05, 4.69) is 12.2 Å². The van der Waals surface area contributed by atoms with Crippen molar-refractivity contribution in [2.24, 2.45) is 0 Å². The molecule has 0 aromatic heterocycles. The van der Waals surface area contributed by atoms with Crippen LogP contribution in [0.2, 0.25) is 0 Å². The monoisotopic (exact) mass is 239 g/mol. The van der Waals surface area contributed by atoms with E-state index in [4.69, 9.17) is 4.74 Å². The smallest absolute Gasteiger partial charge is 0.123 e. The Labute approximate surface area is 103 Å². The molecule has 0 aliphatic carbocycles.